The van der Waals surface area contributed by atoms with Crippen LogP contribution in [0.3, 0.4) is 0 Å². The summed E-state index contributed by atoms with van der Waals surface area (Å²) in [5.74, 6) is 0.0820. The van der Waals surface area contributed by atoms with Crippen LogP contribution in [-0.4, -0.2) is 65.9 Å². The highest BCUT2D eigenvalue weighted by atomic mass is 35.5. The minimum atomic E-state index is -1.18. The molecule has 4 rings (SSSR count). The van der Waals surface area contributed by atoms with Gasteiger partial charge in [-0.25, -0.2) is 0 Å². The van der Waals surface area contributed by atoms with Crippen LogP contribution in [0.4, 0.5) is 0 Å². The van der Waals surface area contributed by atoms with Gasteiger partial charge in [-0.3, -0.25) is 10.0 Å². The molecular weight excluding hydrogens is 348 g/mol. The molecule has 0 radical (unpaired) electrons. The van der Waals surface area contributed by atoms with E-state index in [0.717, 1.165) is 5.06 Å². The average molecular weight is 373 g/mol. The Labute approximate surface area is 153 Å². The van der Waals surface area contributed by atoms with Crippen LogP contribution in [0.2, 0.25) is 0 Å². The molecule has 9 heteroatoms. The fourth-order valence-corrected chi connectivity index (χ4v) is 3.64. The van der Waals surface area contributed by atoms with Crippen molar-refractivity contribution in [2.45, 2.75) is 38.9 Å². The van der Waals surface area contributed by atoms with Gasteiger partial charge in [0.1, 0.15) is 0 Å². The Morgan fingerprint density at radius 1 is 1.36 bits per heavy atom. The first-order valence-electron chi connectivity index (χ1n) is 8.24. The molecule has 0 amide bonds. The maximum Gasteiger partial charge on any atom is 0.247 e. The minimum absolute atomic E-state index is 0. The molecule has 0 aromatic carbocycles. The second-order valence-electron chi connectivity index (χ2n) is 6.67. The predicted molar refractivity (Wildman–Crippen MR) is 84.3 cm³/mol. The molecule has 4 aliphatic rings. The van der Waals surface area contributed by atoms with E-state index in [0.29, 0.717) is 18.8 Å². The van der Waals surface area contributed by atoms with Gasteiger partial charge in [-0.15, -0.1) is 5.01 Å². The van der Waals surface area contributed by atoms with Crippen molar-refractivity contribution in [1.29, 1.82) is 0 Å². The standard InChI is InChI=1S/C16H25N4O4.ClH/c1-4-14-18(23)13-11-20(14,24)19(13)16(15(22)12(2)3)5-7-17(8-6-16)9-10-21;/h5-8,11-12,14,21,23-24H,4,9-10H2,1-3H3;1H/q+1;/p-1. The lowest BCUT2D eigenvalue weighted by molar-refractivity contribution is -1.17. The van der Waals surface area contributed by atoms with Gasteiger partial charge in [0.25, 0.3) is 0 Å². The van der Waals surface area contributed by atoms with Crippen molar-refractivity contribution in [3.05, 3.63) is 36.6 Å². The first-order valence-corrected chi connectivity index (χ1v) is 8.24. The van der Waals surface area contributed by atoms with Gasteiger partial charge < -0.3 is 22.4 Å². The first-order chi connectivity index (χ1) is 11.3. The molecular formula is C16H25ClN4O4. The normalized spacial score (nSPS) is 28.8. The summed E-state index contributed by atoms with van der Waals surface area (Å²) in [6.45, 7) is 5.91. The van der Waals surface area contributed by atoms with E-state index in [1.165, 1.54) is 11.2 Å². The zero-order valence-corrected chi connectivity index (χ0v) is 15.3. The number of quaternary nitrogens is 1. The first kappa shape index (κ1) is 19.7. The fraction of sp³-hybridized carbons (Fsp3) is 0.562. The Kier molecular flexibility index (Phi) is 5.23. The molecule has 3 N–H and O–H groups in total. The van der Waals surface area contributed by atoms with Crippen LogP contribution >= 0.6 is 0 Å². The number of nitrogens with zero attached hydrogens (tertiary/aromatic N) is 4. The van der Waals surface area contributed by atoms with Gasteiger partial charge in [0.15, 0.2) is 11.3 Å². The number of halogens is 1. The maximum absolute atomic E-state index is 13.0. The Hall–Kier alpha value is -1.58. The van der Waals surface area contributed by atoms with Crippen molar-refractivity contribution in [3.63, 3.8) is 0 Å². The molecule has 0 aliphatic carbocycles. The van der Waals surface area contributed by atoms with Crippen LogP contribution in [0.5, 0.6) is 0 Å². The fourth-order valence-electron chi connectivity index (χ4n) is 3.64. The Bertz CT molecular complexity index is 622. The summed E-state index contributed by atoms with van der Waals surface area (Å²) >= 11 is 0. The molecule has 4 heterocycles. The quantitative estimate of drug-likeness (QED) is 0.463. The highest BCUT2D eigenvalue weighted by molar-refractivity contribution is 5.94. The van der Waals surface area contributed by atoms with Gasteiger partial charge in [-0.05, 0) is 16.9 Å². The van der Waals surface area contributed by atoms with E-state index in [9.17, 15) is 15.2 Å². The van der Waals surface area contributed by atoms with Crippen molar-refractivity contribution < 1.29 is 37.5 Å². The van der Waals surface area contributed by atoms with E-state index < -0.39 is 16.5 Å². The third-order valence-corrected chi connectivity index (χ3v) is 4.83. The van der Waals surface area contributed by atoms with Crippen molar-refractivity contribution in [2.24, 2.45) is 5.92 Å². The summed E-state index contributed by atoms with van der Waals surface area (Å²) < 4.78 is -0.616. The van der Waals surface area contributed by atoms with Gasteiger partial charge in [0.05, 0.1) is 6.61 Å². The number of hydrogen-bond donors (Lipinski definition) is 3. The highest BCUT2D eigenvalue weighted by Crippen LogP contribution is 2.50. The Morgan fingerprint density at radius 2 is 1.96 bits per heavy atom. The predicted octanol–water partition coefficient (Wildman–Crippen LogP) is -2.03. The molecule has 1 fully saturated rings. The maximum atomic E-state index is 13.0. The van der Waals surface area contributed by atoms with E-state index in [1.54, 1.807) is 29.5 Å². The number of rotatable bonds is 6. The SMILES string of the molecule is CCC1N(O)C2=C[N+]1(O)N2C1(C(=O)C(C)C)C=CN(CCO)C=C1.[Cl-]. The summed E-state index contributed by atoms with van der Waals surface area (Å²) in [6, 6.07) is 0. The van der Waals surface area contributed by atoms with Gasteiger partial charge >= 0.3 is 0 Å². The van der Waals surface area contributed by atoms with Gasteiger partial charge in [-0.1, -0.05) is 20.8 Å². The Balaban J connectivity index is 0.00000225. The molecule has 2 atom stereocenters. The lowest BCUT2D eigenvalue weighted by Crippen LogP contribution is -3.00. The van der Waals surface area contributed by atoms with Crippen LogP contribution in [0.15, 0.2) is 36.6 Å². The largest absolute Gasteiger partial charge is 1.00 e. The summed E-state index contributed by atoms with van der Waals surface area (Å²) in [6.07, 6.45) is 8.37. The van der Waals surface area contributed by atoms with Crippen LogP contribution in [0.1, 0.15) is 27.2 Å². The van der Waals surface area contributed by atoms with Gasteiger partial charge in [0.2, 0.25) is 18.2 Å². The van der Waals surface area contributed by atoms with Crippen molar-refractivity contribution >= 4 is 5.78 Å². The molecule has 25 heavy (non-hydrogen) atoms. The summed E-state index contributed by atoms with van der Waals surface area (Å²) in [5.41, 5.74) is -1.18. The van der Waals surface area contributed by atoms with Crippen molar-refractivity contribution in [1.82, 2.24) is 15.0 Å². The summed E-state index contributed by atoms with van der Waals surface area (Å²) in [7, 11) is 0. The topological polar surface area (TPSA) is 87.5 Å². The molecule has 0 aromatic heterocycles. The zero-order chi connectivity index (χ0) is 17.7. The number of hydroxylamine groups is 4. The molecule has 0 spiro atoms. The molecule has 2 unspecified atom stereocenters. The lowest BCUT2D eigenvalue weighted by atomic mass is 9.84. The number of fused-ring (bicyclic) bond motifs is 1. The van der Waals surface area contributed by atoms with E-state index in [2.05, 4.69) is 0 Å². The molecule has 2 bridgehead atoms. The third-order valence-electron chi connectivity index (χ3n) is 4.83. The Morgan fingerprint density at radius 3 is 2.40 bits per heavy atom. The third kappa shape index (κ3) is 2.56. The van der Waals surface area contributed by atoms with E-state index in [4.69, 9.17) is 5.11 Å². The number of Topliss-reactive ketones (excluding diaryl/α,β-unsaturated/α-hetero) is 1. The summed E-state index contributed by atoms with van der Waals surface area (Å²) in [5, 5.41) is 32.9. The number of aliphatic hydroxyl groups is 1. The van der Waals surface area contributed by atoms with Crippen LogP contribution in [0.25, 0.3) is 0 Å². The monoisotopic (exact) mass is 372 g/mol. The van der Waals surface area contributed by atoms with Crippen molar-refractivity contribution in [3.8, 4) is 0 Å². The molecule has 0 aromatic rings. The number of aliphatic hydroxyl groups excluding tert-OH is 1. The molecule has 4 aliphatic heterocycles. The van der Waals surface area contributed by atoms with E-state index in [1.807, 2.05) is 20.8 Å². The van der Waals surface area contributed by atoms with Gasteiger partial charge in [0, 0.05) is 31.3 Å². The molecule has 8 nitrogen and oxygen atoms in total. The molecule has 0 saturated carbocycles. The minimum Gasteiger partial charge on any atom is -1.00 e. The van der Waals surface area contributed by atoms with E-state index >= 15 is 0 Å². The number of carbonyl (C=O) groups is 1. The number of ketones is 1. The molecule has 140 valence electrons. The van der Waals surface area contributed by atoms with Crippen molar-refractivity contribution in [2.75, 3.05) is 13.2 Å². The van der Waals surface area contributed by atoms with Gasteiger partial charge in [-0.2, -0.15) is 10.3 Å². The summed E-state index contributed by atoms with van der Waals surface area (Å²) in [4.78, 5) is 14.8. The smallest absolute Gasteiger partial charge is 0.247 e. The zero-order valence-electron chi connectivity index (χ0n) is 14.6. The molecule has 1 saturated heterocycles. The van der Waals surface area contributed by atoms with Crippen LogP contribution in [0, 0.1) is 5.92 Å². The number of hydrogen-bond acceptors (Lipinski definition) is 7. The van der Waals surface area contributed by atoms with Crippen LogP contribution in [-0.2, 0) is 4.79 Å². The number of carbonyl (C=O) groups excluding carboxylic acids is 1. The lowest BCUT2D eigenvalue weighted by Gasteiger charge is -2.47. The average Bonchev–Trinajstić information content (AvgIpc) is 2.91. The second-order valence-corrected chi connectivity index (χ2v) is 6.67. The van der Waals surface area contributed by atoms with Crippen LogP contribution < -0.4 is 12.4 Å². The number of β-amino-alcohol motifs (C(OH)–C–C–N with tert-alkyl or cyclic N) is 1. The van der Waals surface area contributed by atoms with E-state index in [-0.39, 0.29) is 30.7 Å². The highest BCUT2D eigenvalue weighted by Gasteiger charge is 2.71. The second kappa shape index (κ2) is 6.62.